The summed E-state index contributed by atoms with van der Waals surface area (Å²) in [5.74, 6) is 2.09. The van der Waals surface area contributed by atoms with Crippen LogP contribution in [0.2, 0.25) is 0 Å². The van der Waals surface area contributed by atoms with Gasteiger partial charge in [0.25, 0.3) is 0 Å². The van der Waals surface area contributed by atoms with E-state index in [9.17, 15) is 0 Å². The number of rotatable bonds is 6. The monoisotopic (exact) mass is 322 g/mol. The Morgan fingerprint density at radius 3 is 2.79 bits per heavy atom. The second-order valence-electron chi connectivity index (χ2n) is 6.71. The second-order valence-corrected chi connectivity index (χ2v) is 6.71. The predicted octanol–water partition coefficient (Wildman–Crippen LogP) is 5.58. The van der Waals surface area contributed by atoms with Gasteiger partial charge in [-0.25, -0.2) is 0 Å². The Kier molecular flexibility index (Phi) is 4.94. The lowest BCUT2D eigenvalue weighted by atomic mass is 9.95. The molecule has 2 aromatic carbocycles. The summed E-state index contributed by atoms with van der Waals surface area (Å²) in [6.07, 6.45) is 2.31. The molecule has 0 aromatic heterocycles. The highest BCUT2D eigenvalue weighted by molar-refractivity contribution is 5.48. The van der Waals surface area contributed by atoms with Crippen LogP contribution in [0.4, 0.5) is 0 Å². The molecule has 0 amide bonds. The first-order chi connectivity index (χ1) is 11.6. The average molecular weight is 322 g/mol. The van der Waals surface area contributed by atoms with Crippen molar-refractivity contribution in [2.24, 2.45) is 0 Å². The number of ether oxygens (including phenoxy) is 2. The van der Waals surface area contributed by atoms with Gasteiger partial charge >= 0.3 is 0 Å². The van der Waals surface area contributed by atoms with Gasteiger partial charge < -0.3 is 9.47 Å². The summed E-state index contributed by atoms with van der Waals surface area (Å²) in [5, 5.41) is 0. The van der Waals surface area contributed by atoms with Crippen molar-refractivity contribution in [2.75, 3.05) is 6.61 Å². The van der Waals surface area contributed by atoms with Gasteiger partial charge in [-0.3, -0.25) is 0 Å². The normalized spacial score (nSPS) is 15.7. The molecule has 3 rings (SSSR count). The molecule has 1 aliphatic rings. The maximum atomic E-state index is 5.99. The van der Waals surface area contributed by atoms with E-state index in [1.165, 1.54) is 28.7 Å². The number of fused-ring (bicyclic) bond motifs is 1. The quantitative estimate of drug-likeness (QED) is 0.646. The van der Waals surface area contributed by atoms with Crippen molar-refractivity contribution in [3.8, 4) is 11.5 Å². The van der Waals surface area contributed by atoms with Gasteiger partial charge in [0.2, 0.25) is 0 Å². The summed E-state index contributed by atoms with van der Waals surface area (Å²) in [4.78, 5) is 0. The molecule has 0 spiro atoms. The zero-order valence-corrected chi connectivity index (χ0v) is 14.9. The van der Waals surface area contributed by atoms with E-state index in [1.54, 1.807) is 0 Å². The van der Waals surface area contributed by atoms with Gasteiger partial charge in [-0.1, -0.05) is 49.8 Å². The summed E-state index contributed by atoms with van der Waals surface area (Å²) in [5.41, 5.74) is 6.28. The first kappa shape index (κ1) is 16.6. The highest BCUT2D eigenvalue weighted by atomic mass is 16.5. The number of benzene rings is 2. The molecular formula is C22H26O2. The molecule has 126 valence electrons. The molecule has 1 aliphatic heterocycles. The van der Waals surface area contributed by atoms with E-state index in [-0.39, 0.29) is 0 Å². The van der Waals surface area contributed by atoms with E-state index in [0.29, 0.717) is 19.1 Å². The van der Waals surface area contributed by atoms with E-state index in [2.05, 4.69) is 51.6 Å². The van der Waals surface area contributed by atoms with Crippen molar-refractivity contribution in [3.05, 3.63) is 70.8 Å². The fourth-order valence-corrected chi connectivity index (χ4v) is 3.21. The number of aryl methyl sites for hydroxylation is 2. The van der Waals surface area contributed by atoms with Crippen LogP contribution in [0.3, 0.4) is 0 Å². The number of hydrogen-bond acceptors (Lipinski definition) is 2. The largest absolute Gasteiger partial charge is 0.492 e. The van der Waals surface area contributed by atoms with E-state index in [0.717, 1.165) is 23.5 Å². The second kappa shape index (κ2) is 7.12. The van der Waals surface area contributed by atoms with Crippen LogP contribution in [0.1, 0.15) is 48.4 Å². The summed E-state index contributed by atoms with van der Waals surface area (Å²) in [6, 6.07) is 12.8. The van der Waals surface area contributed by atoms with Crippen LogP contribution >= 0.6 is 0 Å². The van der Waals surface area contributed by atoms with Gasteiger partial charge in [0.05, 0.1) is 6.61 Å². The minimum Gasteiger partial charge on any atom is -0.492 e. The van der Waals surface area contributed by atoms with E-state index in [4.69, 9.17) is 9.47 Å². The Morgan fingerprint density at radius 1 is 1.25 bits per heavy atom. The third kappa shape index (κ3) is 3.48. The Labute approximate surface area is 145 Å². The molecule has 0 fully saturated rings. The van der Waals surface area contributed by atoms with Crippen molar-refractivity contribution in [1.82, 2.24) is 0 Å². The molecular weight excluding hydrogens is 296 g/mol. The van der Waals surface area contributed by atoms with Crippen molar-refractivity contribution in [1.29, 1.82) is 0 Å². The lowest BCUT2D eigenvalue weighted by molar-refractivity contribution is 0.301. The van der Waals surface area contributed by atoms with E-state index >= 15 is 0 Å². The molecule has 0 N–H and O–H groups in total. The van der Waals surface area contributed by atoms with Gasteiger partial charge in [-0.15, -0.1) is 0 Å². The Hall–Kier alpha value is -2.22. The summed E-state index contributed by atoms with van der Waals surface area (Å²) in [6.45, 7) is 11.7. The van der Waals surface area contributed by atoms with Gasteiger partial charge in [-0.2, -0.15) is 0 Å². The zero-order valence-electron chi connectivity index (χ0n) is 14.9. The Bertz CT molecular complexity index is 746. The number of hydrogen-bond donors (Lipinski definition) is 0. The van der Waals surface area contributed by atoms with Gasteiger partial charge in [0.1, 0.15) is 18.1 Å². The van der Waals surface area contributed by atoms with Gasteiger partial charge in [-0.05, 0) is 43.0 Å². The lowest BCUT2D eigenvalue weighted by Crippen LogP contribution is -2.00. The Morgan fingerprint density at radius 2 is 2.08 bits per heavy atom. The Balaban J connectivity index is 1.69. The molecule has 2 nitrogen and oxygen atoms in total. The molecule has 0 bridgehead atoms. The van der Waals surface area contributed by atoms with Crippen LogP contribution in [-0.4, -0.2) is 6.61 Å². The molecule has 24 heavy (non-hydrogen) atoms. The SMILES string of the molecule is C=C(C)C1COc2cc(OCc3ccc(CCC)cc3C)ccc21. The highest BCUT2D eigenvalue weighted by Crippen LogP contribution is 2.39. The highest BCUT2D eigenvalue weighted by Gasteiger charge is 2.24. The van der Waals surface area contributed by atoms with Crippen LogP contribution in [0, 0.1) is 6.92 Å². The maximum absolute atomic E-state index is 5.99. The summed E-state index contributed by atoms with van der Waals surface area (Å²) >= 11 is 0. The van der Waals surface area contributed by atoms with Crippen LogP contribution in [0.5, 0.6) is 11.5 Å². The standard InChI is InChI=1S/C22H26O2/c1-5-6-17-7-8-18(16(4)11-17)13-23-19-9-10-20-21(15(2)3)14-24-22(20)12-19/h7-12,21H,2,5-6,13-14H2,1,3-4H3. The zero-order chi connectivity index (χ0) is 17.1. The van der Waals surface area contributed by atoms with Crippen molar-refractivity contribution in [3.63, 3.8) is 0 Å². The molecule has 0 saturated carbocycles. The third-order valence-corrected chi connectivity index (χ3v) is 4.70. The van der Waals surface area contributed by atoms with Crippen molar-refractivity contribution < 1.29 is 9.47 Å². The lowest BCUT2D eigenvalue weighted by Gasteiger charge is -2.12. The van der Waals surface area contributed by atoms with Crippen molar-refractivity contribution >= 4 is 0 Å². The molecule has 0 radical (unpaired) electrons. The van der Waals surface area contributed by atoms with Gasteiger partial charge in [0, 0.05) is 17.5 Å². The molecule has 0 aliphatic carbocycles. The molecule has 1 heterocycles. The first-order valence-corrected chi connectivity index (χ1v) is 8.72. The van der Waals surface area contributed by atoms with E-state index in [1.807, 2.05) is 12.1 Å². The third-order valence-electron chi connectivity index (χ3n) is 4.70. The smallest absolute Gasteiger partial charge is 0.126 e. The van der Waals surface area contributed by atoms with Gasteiger partial charge in [0.15, 0.2) is 0 Å². The molecule has 1 atom stereocenters. The van der Waals surface area contributed by atoms with Crippen LogP contribution < -0.4 is 9.47 Å². The molecule has 1 unspecified atom stereocenters. The molecule has 2 aromatic rings. The van der Waals surface area contributed by atoms with E-state index < -0.39 is 0 Å². The van der Waals surface area contributed by atoms with Crippen LogP contribution in [-0.2, 0) is 13.0 Å². The predicted molar refractivity (Wildman–Crippen MR) is 99.0 cm³/mol. The van der Waals surface area contributed by atoms with Crippen LogP contribution in [0.15, 0.2) is 48.6 Å². The first-order valence-electron chi connectivity index (χ1n) is 8.72. The maximum Gasteiger partial charge on any atom is 0.126 e. The topological polar surface area (TPSA) is 18.5 Å². The van der Waals surface area contributed by atoms with Crippen LogP contribution in [0.25, 0.3) is 0 Å². The molecule has 2 heteroatoms. The average Bonchev–Trinajstić information content (AvgIpc) is 2.98. The summed E-state index contributed by atoms with van der Waals surface area (Å²) in [7, 11) is 0. The fraction of sp³-hybridized carbons (Fsp3) is 0.364. The minimum absolute atomic E-state index is 0.308. The summed E-state index contributed by atoms with van der Waals surface area (Å²) < 4.78 is 11.8. The van der Waals surface area contributed by atoms with Crippen molar-refractivity contribution in [2.45, 2.75) is 46.1 Å². The fourth-order valence-electron chi connectivity index (χ4n) is 3.21. The molecule has 0 saturated heterocycles. The minimum atomic E-state index is 0.308.